The van der Waals surface area contributed by atoms with Crippen LogP contribution in [0.3, 0.4) is 0 Å². The van der Waals surface area contributed by atoms with E-state index < -0.39 is 11.1 Å². The molecule has 6 nitrogen and oxygen atoms in total. The summed E-state index contributed by atoms with van der Waals surface area (Å²) in [6, 6.07) is 11.7. The van der Waals surface area contributed by atoms with Crippen molar-refractivity contribution in [3.8, 4) is 11.4 Å². The molecule has 2 aromatic carbocycles. The van der Waals surface area contributed by atoms with Gasteiger partial charge in [0.25, 0.3) is 0 Å². The van der Waals surface area contributed by atoms with Crippen molar-refractivity contribution in [2.24, 2.45) is 0 Å². The Morgan fingerprint density at radius 1 is 1.30 bits per heavy atom. The summed E-state index contributed by atoms with van der Waals surface area (Å²) in [4.78, 5) is 12.4. The Morgan fingerprint density at radius 3 is 2.74 bits per heavy atom. The molecule has 0 fully saturated rings. The zero-order chi connectivity index (χ0) is 19.6. The van der Waals surface area contributed by atoms with Crippen molar-refractivity contribution in [2.75, 3.05) is 11.2 Å². The van der Waals surface area contributed by atoms with E-state index in [0.29, 0.717) is 11.0 Å². The van der Waals surface area contributed by atoms with Gasteiger partial charge in [-0.15, -0.1) is 10.2 Å². The Kier molecular flexibility index (Phi) is 5.67. The van der Waals surface area contributed by atoms with Crippen LogP contribution in [0.1, 0.15) is 12.5 Å². The molecule has 0 radical (unpaired) electrons. The summed E-state index contributed by atoms with van der Waals surface area (Å²) in [6.45, 7) is 3.63. The van der Waals surface area contributed by atoms with E-state index in [9.17, 15) is 9.18 Å². The summed E-state index contributed by atoms with van der Waals surface area (Å²) < 4.78 is 15.2. The van der Waals surface area contributed by atoms with Gasteiger partial charge in [0.1, 0.15) is 5.82 Å². The Hall–Kier alpha value is -2.58. The zero-order valence-corrected chi connectivity index (χ0v) is 16.2. The molecule has 3 N–H and O–H groups in total. The summed E-state index contributed by atoms with van der Waals surface area (Å²) in [5.41, 5.74) is 1.93. The van der Waals surface area contributed by atoms with E-state index in [2.05, 4.69) is 15.5 Å². The summed E-state index contributed by atoms with van der Waals surface area (Å²) >= 11 is 6.85. The molecule has 0 aliphatic heterocycles. The minimum absolute atomic E-state index is 0.0617. The molecule has 3 rings (SSSR count). The van der Waals surface area contributed by atoms with Crippen molar-refractivity contribution in [1.82, 2.24) is 14.9 Å². The van der Waals surface area contributed by atoms with E-state index in [1.807, 2.05) is 31.2 Å². The van der Waals surface area contributed by atoms with Gasteiger partial charge in [-0.1, -0.05) is 47.6 Å². The number of nitrogens with one attached hydrogen (secondary N) is 1. The number of anilines is 1. The molecule has 0 aliphatic rings. The van der Waals surface area contributed by atoms with Gasteiger partial charge < -0.3 is 11.2 Å². The molecule has 0 bridgehead atoms. The second-order valence-corrected chi connectivity index (χ2v) is 7.61. The number of benzene rings is 2. The lowest BCUT2D eigenvalue weighted by molar-refractivity contribution is -0.115. The SMILES string of the molecule is Cc1ccccc1-c1nnc(S[C@H](C)C(=O)Nc2ccc(Cl)cc2F)n1N. The van der Waals surface area contributed by atoms with Gasteiger partial charge in [0, 0.05) is 10.6 Å². The average molecular weight is 406 g/mol. The third-order valence-corrected chi connectivity index (χ3v) is 5.18. The average Bonchev–Trinajstić information content (AvgIpc) is 2.98. The number of aryl methyl sites for hydroxylation is 1. The van der Waals surface area contributed by atoms with Crippen molar-refractivity contribution < 1.29 is 9.18 Å². The molecule has 1 aromatic heterocycles. The monoisotopic (exact) mass is 405 g/mol. The first-order valence-corrected chi connectivity index (χ1v) is 9.31. The Balaban J connectivity index is 1.73. The van der Waals surface area contributed by atoms with Gasteiger partial charge >= 0.3 is 0 Å². The van der Waals surface area contributed by atoms with Crippen LogP contribution in [0.2, 0.25) is 5.02 Å². The molecule has 27 heavy (non-hydrogen) atoms. The standard InChI is InChI=1S/C18H17ClFN5OS/c1-10-5-3-4-6-13(10)16-23-24-18(25(16)21)27-11(2)17(26)22-15-8-7-12(19)9-14(15)20/h3-9,11H,21H2,1-2H3,(H,22,26)/t11-/m1/s1. The number of nitrogens with two attached hydrogens (primary N) is 1. The molecule has 0 saturated carbocycles. The van der Waals surface area contributed by atoms with E-state index in [1.54, 1.807) is 6.92 Å². The van der Waals surface area contributed by atoms with E-state index in [0.717, 1.165) is 29.0 Å². The molecule has 140 valence electrons. The van der Waals surface area contributed by atoms with E-state index in [-0.39, 0.29) is 16.6 Å². The van der Waals surface area contributed by atoms with Gasteiger partial charge in [0.2, 0.25) is 11.1 Å². The number of halogens is 2. The predicted octanol–water partition coefficient (Wildman–Crippen LogP) is 3.88. The lowest BCUT2D eigenvalue weighted by Gasteiger charge is -2.12. The second kappa shape index (κ2) is 7.98. The van der Waals surface area contributed by atoms with Gasteiger partial charge in [0.15, 0.2) is 5.82 Å². The van der Waals surface area contributed by atoms with Crippen LogP contribution < -0.4 is 11.2 Å². The van der Waals surface area contributed by atoms with Crippen LogP contribution in [0, 0.1) is 12.7 Å². The number of nitrogens with zero attached hydrogens (tertiary/aromatic N) is 3. The molecular weight excluding hydrogens is 389 g/mol. The molecule has 0 unspecified atom stereocenters. The van der Waals surface area contributed by atoms with Gasteiger partial charge in [-0.2, -0.15) is 0 Å². The maximum atomic E-state index is 13.8. The number of nitrogen functional groups attached to an aromatic ring is 1. The molecule has 1 atom stereocenters. The van der Waals surface area contributed by atoms with Crippen molar-refractivity contribution >= 4 is 35.0 Å². The summed E-state index contributed by atoms with van der Waals surface area (Å²) in [6.07, 6.45) is 0. The van der Waals surface area contributed by atoms with E-state index in [1.165, 1.54) is 16.8 Å². The number of hydrogen-bond acceptors (Lipinski definition) is 5. The maximum absolute atomic E-state index is 13.8. The van der Waals surface area contributed by atoms with Gasteiger partial charge in [-0.25, -0.2) is 9.07 Å². The van der Waals surface area contributed by atoms with Crippen LogP contribution >= 0.6 is 23.4 Å². The molecule has 0 saturated heterocycles. The first-order valence-electron chi connectivity index (χ1n) is 8.06. The minimum Gasteiger partial charge on any atom is -0.335 e. The molecule has 0 spiro atoms. The maximum Gasteiger partial charge on any atom is 0.237 e. The number of amides is 1. The van der Waals surface area contributed by atoms with Crippen molar-refractivity contribution in [1.29, 1.82) is 0 Å². The largest absolute Gasteiger partial charge is 0.335 e. The molecule has 1 heterocycles. The minimum atomic E-state index is -0.600. The first kappa shape index (κ1) is 19.2. The molecular formula is C18H17ClFN5OS. The normalized spacial score (nSPS) is 12.0. The van der Waals surface area contributed by atoms with Crippen LogP contribution in [-0.4, -0.2) is 26.0 Å². The number of thioether (sulfide) groups is 1. The fourth-order valence-corrected chi connectivity index (χ4v) is 3.33. The Morgan fingerprint density at radius 2 is 2.04 bits per heavy atom. The predicted molar refractivity (Wildman–Crippen MR) is 106 cm³/mol. The number of carbonyl (C=O) groups excluding carboxylic acids is 1. The smallest absolute Gasteiger partial charge is 0.237 e. The number of carbonyl (C=O) groups is 1. The van der Waals surface area contributed by atoms with Crippen LogP contribution in [0.5, 0.6) is 0 Å². The van der Waals surface area contributed by atoms with Crippen LogP contribution in [0.4, 0.5) is 10.1 Å². The fraction of sp³-hybridized carbons (Fsp3) is 0.167. The number of aromatic nitrogens is 3. The third-order valence-electron chi connectivity index (χ3n) is 3.89. The van der Waals surface area contributed by atoms with Crippen LogP contribution in [-0.2, 0) is 4.79 Å². The third kappa shape index (κ3) is 4.23. The lowest BCUT2D eigenvalue weighted by Crippen LogP contribution is -2.24. The highest BCUT2D eigenvalue weighted by molar-refractivity contribution is 8.00. The highest BCUT2D eigenvalue weighted by atomic mass is 35.5. The van der Waals surface area contributed by atoms with E-state index in [4.69, 9.17) is 17.4 Å². The topological polar surface area (TPSA) is 85.8 Å². The van der Waals surface area contributed by atoms with Crippen LogP contribution in [0.15, 0.2) is 47.6 Å². The van der Waals surface area contributed by atoms with Crippen molar-refractivity contribution in [2.45, 2.75) is 24.3 Å². The summed E-state index contributed by atoms with van der Waals surface area (Å²) in [5.74, 6) is 5.63. The highest BCUT2D eigenvalue weighted by Crippen LogP contribution is 2.27. The Labute approximate surface area is 164 Å². The van der Waals surface area contributed by atoms with Crippen molar-refractivity contribution in [3.05, 3.63) is 58.9 Å². The van der Waals surface area contributed by atoms with Gasteiger partial charge in [0.05, 0.1) is 10.9 Å². The summed E-state index contributed by atoms with van der Waals surface area (Å²) in [7, 11) is 0. The molecule has 3 aromatic rings. The molecule has 9 heteroatoms. The van der Waals surface area contributed by atoms with Crippen LogP contribution in [0.25, 0.3) is 11.4 Å². The Bertz CT molecular complexity index is 994. The number of rotatable bonds is 5. The zero-order valence-electron chi connectivity index (χ0n) is 14.6. The van der Waals surface area contributed by atoms with Gasteiger partial charge in [-0.05, 0) is 37.6 Å². The lowest BCUT2D eigenvalue weighted by atomic mass is 10.1. The van der Waals surface area contributed by atoms with Crippen molar-refractivity contribution in [3.63, 3.8) is 0 Å². The molecule has 1 amide bonds. The van der Waals surface area contributed by atoms with Gasteiger partial charge in [-0.3, -0.25) is 4.79 Å². The quantitative estimate of drug-likeness (QED) is 0.497. The highest BCUT2D eigenvalue weighted by Gasteiger charge is 2.21. The number of hydrogen-bond donors (Lipinski definition) is 2. The fourth-order valence-electron chi connectivity index (χ4n) is 2.40. The van der Waals surface area contributed by atoms with E-state index >= 15 is 0 Å². The summed E-state index contributed by atoms with van der Waals surface area (Å²) in [5, 5.41) is 10.8. The first-order chi connectivity index (χ1) is 12.9. The second-order valence-electron chi connectivity index (χ2n) is 5.86. The molecule has 0 aliphatic carbocycles.